The second kappa shape index (κ2) is 11.4. The fraction of sp³-hybridized carbons (Fsp3) is 0.538. The quantitative estimate of drug-likeness (QED) is 0.461. The number of carbonyl (C=O) groups excluding carboxylic acids is 4. The number of rotatable bonds is 5. The first kappa shape index (κ1) is 27.9. The van der Waals surface area contributed by atoms with E-state index in [1.807, 2.05) is 18.2 Å². The fourth-order valence-electron chi connectivity index (χ4n) is 3.48. The standard InChI is InChI=1S/C26H36N2O7/c1-25(2,3)34-22(30)13-14-28-20(18-11-9-8-10-12-18)15-19(23(31)33-7)16-27(17-21(28)29)24(32)35-26(4,5)6/h8-12,15,19H,13-14,16-17H2,1-7H3/b20-15-. The highest BCUT2D eigenvalue weighted by atomic mass is 16.6. The van der Waals surface area contributed by atoms with E-state index in [4.69, 9.17) is 14.2 Å². The number of hydrogen-bond donors (Lipinski definition) is 0. The summed E-state index contributed by atoms with van der Waals surface area (Å²) in [4.78, 5) is 54.0. The van der Waals surface area contributed by atoms with Crippen molar-refractivity contribution in [1.82, 2.24) is 9.80 Å². The van der Waals surface area contributed by atoms with Gasteiger partial charge in [-0.25, -0.2) is 4.79 Å². The smallest absolute Gasteiger partial charge is 0.410 e. The lowest BCUT2D eigenvalue weighted by molar-refractivity contribution is -0.155. The Morgan fingerprint density at radius 1 is 0.971 bits per heavy atom. The zero-order chi connectivity index (χ0) is 26.4. The maximum Gasteiger partial charge on any atom is 0.410 e. The normalized spacial score (nSPS) is 18.7. The number of esters is 2. The van der Waals surface area contributed by atoms with Crippen molar-refractivity contribution in [3.05, 3.63) is 42.0 Å². The summed E-state index contributed by atoms with van der Waals surface area (Å²) in [5.74, 6) is -2.31. The Bertz CT molecular complexity index is 958. The van der Waals surface area contributed by atoms with Crippen molar-refractivity contribution in [1.29, 1.82) is 0 Å². The Labute approximate surface area is 207 Å². The van der Waals surface area contributed by atoms with Crippen LogP contribution in [0.25, 0.3) is 5.70 Å². The van der Waals surface area contributed by atoms with Crippen LogP contribution in [-0.2, 0) is 28.6 Å². The lowest BCUT2D eigenvalue weighted by Crippen LogP contribution is -2.49. The van der Waals surface area contributed by atoms with Crippen molar-refractivity contribution in [2.45, 2.75) is 59.2 Å². The van der Waals surface area contributed by atoms with Crippen molar-refractivity contribution in [3.8, 4) is 0 Å². The summed E-state index contributed by atoms with van der Waals surface area (Å²) >= 11 is 0. The average molecular weight is 489 g/mol. The summed E-state index contributed by atoms with van der Waals surface area (Å²) in [7, 11) is 1.26. The SMILES string of the molecule is COC(=O)C1/C=C(/c2ccccc2)N(CCC(=O)OC(C)(C)C)C(=O)CN(C(=O)OC(C)(C)C)C1. The lowest BCUT2D eigenvalue weighted by Gasteiger charge is -2.34. The number of methoxy groups -OCH3 is 1. The van der Waals surface area contributed by atoms with E-state index >= 15 is 0 Å². The van der Waals surface area contributed by atoms with E-state index in [2.05, 4.69) is 0 Å². The van der Waals surface area contributed by atoms with E-state index < -0.39 is 41.1 Å². The van der Waals surface area contributed by atoms with Crippen molar-refractivity contribution in [3.63, 3.8) is 0 Å². The Balaban J connectivity index is 2.49. The van der Waals surface area contributed by atoms with Gasteiger partial charge in [0.2, 0.25) is 5.91 Å². The molecule has 9 heteroatoms. The second-order valence-corrected chi connectivity index (χ2v) is 10.3. The number of hydrogen-bond acceptors (Lipinski definition) is 7. The molecule has 2 rings (SSSR count). The molecule has 1 heterocycles. The van der Waals surface area contributed by atoms with Gasteiger partial charge in [0, 0.05) is 18.8 Å². The van der Waals surface area contributed by atoms with Crippen molar-refractivity contribution in [2.75, 3.05) is 26.7 Å². The molecule has 1 atom stereocenters. The number of benzene rings is 1. The number of carbonyl (C=O) groups is 4. The molecule has 0 aromatic heterocycles. The largest absolute Gasteiger partial charge is 0.469 e. The van der Waals surface area contributed by atoms with Crippen molar-refractivity contribution in [2.24, 2.45) is 5.92 Å². The molecule has 1 unspecified atom stereocenters. The third-order valence-corrected chi connectivity index (χ3v) is 4.88. The molecular formula is C26H36N2O7. The van der Waals surface area contributed by atoms with Gasteiger partial charge in [-0.05, 0) is 53.2 Å². The number of nitrogens with zero attached hydrogens (tertiary/aromatic N) is 2. The molecule has 35 heavy (non-hydrogen) atoms. The third-order valence-electron chi connectivity index (χ3n) is 4.88. The van der Waals surface area contributed by atoms with E-state index in [0.717, 1.165) is 0 Å². The summed E-state index contributed by atoms with van der Waals surface area (Å²) < 4.78 is 15.8. The van der Waals surface area contributed by atoms with Crippen LogP contribution >= 0.6 is 0 Å². The Morgan fingerprint density at radius 2 is 1.57 bits per heavy atom. The molecule has 0 fully saturated rings. The average Bonchev–Trinajstić information content (AvgIpc) is 2.73. The van der Waals surface area contributed by atoms with Crippen molar-refractivity contribution >= 4 is 29.6 Å². The van der Waals surface area contributed by atoms with Crippen LogP contribution in [0.15, 0.2) is 36.4 Å². The molecule has 1 aliphatic heterocycles. The maximum absolute atomic E-state index is 13.4. The summed E-state index contributed by atoms with van der Waals surface area (Å²) in [5, 5.41) is 0. The first-order chi connectivity index (χ1) is 16.2. The zero-order valence-corrected chi connectivity index (χ0v) is 21.6. The molecule has 1 aromatic rings. The van der Waals surface area contributed by atoms with Gasteiger partial charge in [0.05, 0.1) is 19.4 Å². The molecule has 0 N–H and O–H groups in total. The van der Waals surface area contributed by atoms with Crippen LogP contribution in [0.3, 0.4) is 0 Å². The highest BCUT2D eigenvalue weighted by molar-refractivity contribution is 5.92. The summed E-state index contributed by atoms with van der Waals surface area (Å²) in [5.41, 5.74) is -0.313. The lowest BCUT2D eigenvalue weighted by atomic mass is 10.0. The van der Waals surface area contributed by atoms with Gasteiger partial charge >= 0.3 is 18.0 Å². The van der Waals surface area contributed by atoms with Gasteiger partial charge in [-0.2, -0.15) is 0 Å². The molecule has 0 saturated carbocycles. The predicted octanol–water partition coefficient (Wildman–Crippen LogP) is 3.63. The Morgan fingerprint density at radius 3 is 2.11 bits per heavy atom. The maximum atomic E-state index is 13.4. The van der Waals surface area contributed by atoms with Gasteiger partial charge in [0.25, 0.3) is 0 Å². The monoisotopic (exact) mass is 488 g/mol. The van der Waals surface area contributed by atoms with Gasteiger partial charge in [-0.1, -0.05) is 30.3 Å². The molecule has 0 spiro atoms. The number of ether oxygens (including phenoxy) is 3. The van der Waals surface area contributed by atoms with E-state index in [0.29, 0.717) is 11.3 Å². The molecule has 0 bridgehead atoms. The van der Waals surface area contributed by atoms with Gasteiger partial charge in [0.15, 0.2) is 0 Å². The van der Waals surface area contributed by atoms with E-state index in [1.54, 1.807) is 59.8 Å². The zero-order valence-electron chi connectivity index (χ0n) is 21.6. The first-order valence-corrected chi connectivity index (χ1v) is 11.6. The molecule has 0 radical (unpaired) electrons. The fourth-order valence-corrected chi connectivity index (χ4v) is 3.48. The third kappa shape index (κ3) is 8.73. The predicted molar refractivity (Wildman–Crippen MR) is 130 cm³/mol. The molecule has 1 aliphatic rings. The summed E-state index contributed by atoms with van der Waals surface area (Å²) in [6, 6.07) is 9.07. The van der Waals surface area contributed by atoms with Crippen LogP contribution in [0.1, 0.15) is 53.5 Å². The topological polar surface area (TPSA) is 102 Å². The van der Waals surface area contributed by atoms with Gasteiger partial charge in [-0.3, -0.25) is 19.3 Å². The molecular weight excluding hydrogens is 452 g/mol. The van der Waals surface area contributed by atoms with Gasteiger partial charge in [0.1, 0.15) is 17.7 Å². The molecule has 9 nitrogen and oxygen atoms in total. The van der Waals surface area contributed by atoms with Crippen LogP contribution in [0.2, 0.25) is 0 Å². The molecule has 0 saturated heterocycles. The Kier molecular flexibility index (Phi) is 9.06. The first-order valence-electron chi connectivity index (χ1n) is 11.6. The minimum atomic E-state index is -0.861. The number of amides is 2. The summed E-state index contributed by atoms with van der Waals surface area (Å²) in [6.45, 7) is 10.0. The Hall–Kier alpha value is -3.36. The van der Waals surface area contributed by atoms with Crippen LogP contribution < -0.4 is 0 Å². The van der Waals surface area contributed by atoms with Crippen LogP contribution in [0.5, 0.6) is 0 Å². The minimum Gasteiger partial charge on any atom is -0.469 e. The highest BCUT2D eigenvalue weighted by Crippen LogP contribution is 2.26. The van der Waals surface area contributed by atoms with E-state index in [9.17, 15) is 19.2 Å². The van der Waals surface area contributed by atoms with Crippen LogP contribution in [0, 0.1) is 5.92 Å². The molecule has 192 valence electrons. The molecule has 2 amide bonds. The van der Waals surface area contributed by atoms with Crippen LogP contribution in [-0.4, -0.2) is 71.7 Å². The van der Waals surface area contributed by atoms with Crippen LogP contribution in [0.4, 0.5) is 4.79 Å². The van der Waals surface area contributed by atoms with Gasteiger partial charge < -0.3 is 19.1 Å². The summed E-state index contributed by atoms with van der Waals surface area (Å²) in [6.07, 6.45) is 0.816. The second-order valence-electron chi connectivity index (χ2n) is 10.3. The minimum absolute atomic E-state index is 0.00449. The van der Waals surface area contributed by atoms with E-state index in [1.165, 1.54) is 16.9 Å². The van der Waals surface area contributed by atoms with Crippen molar-refractivity contribution < 1.29 is 33.4 Å². The van der Waals surface area contributed by atoms with Gasteiger partial charge in [-0.15, -0.1) is 0 Å². The van der Waals surface area contributed by atoms with E-state index in [-0.39, 0.29) is 26.1 Å². The molecule has 0 aliphatic carbocycles. The highest BCUT2D eigenvalue weighted by Gasteiger charge is 2.34. The molecule has 1 aromatic carbocycles.